The van der Waals surface area contributed by atoms with Gasteiger partial charge in [0.2, 0.25) is 0 Å². The number of hydrogen-bond donors (Lipinski definition) is 1. The summed E-state index contributed by atoms with van der Waals surface area (Å²) in [6, 6.07) is 5.28. The maximum absolute atomic E-state index is 12.4. The molecule has 7 heteroatoms. The van der Waals surface area contributed by atoms with Gasteiger partial charge in [-0.15, -0.1) is 0 Å². The summed E-state index contributed by atoms with van der Waals surface area (Å²) in [4.78, 5) is 3.38. The van der Waals surface area contributed by atoms with Gasteiger partial charge in [-0.2, -0.15) is 18.2 Å². The molecule has 0 radical (unpaired) electrons. The quantitative estimate of drug-likeness (QED) is 0.864. The highest BCUT2D eigenvalue weighted by atomic mass is 19.4. The summed E-state index contributed by atoms with van der Waals surface area (Å²) < 4.78 is 41.9. The molecule has 0 spiro atoms. The number of halogens is 3. The molecule has 0 amide bonds. The van der Waals surface area contributed by atoms with E-state index >= 15 is 0 Å². The number of anilines is 1. The molecular weight excluding hydrogens is 259 g/mol. The van der Waals surface area contributed by atoms with Crippen LogP contribution in [0.25, 0.3) is 11.5 Å². The zero-order valence-corrected chi connectivity index (χ0v) is 9.79. The van der Waals surface area contributed by atoms with E-state index in [2.05, 4.69) is 20.0 Å². The molecule has 2 heterocycles. The van der Waals surface area contributed by atoms with Crippen molar-refractivity contribution in [1.82, 2.24) is 10.1 Å². The number of benzene rings is 1. The smallest absolute Gasteiger partial charge is 0.385 e. The van der Waals surface area contributed by atoms with E-state index in [9.17, 15) is 13.2 Å². The predicted molar refractivity (Wildman–Crippen MR) is 61.5 cm³/mol. The van der Waals surface area contributed by atoms with Crippen LogP contribution in [0.15, 0.2) is 22.7 Å². The van der Waals surface area contributed by atoms with E-state index < -0.39 is 12.0 Å². The van der Waals surface area contributed by atoms with Gasteiger partial charge in [-0.25, -0.2) is 0 Å². The van der Waals surface area contributed by atoms with Crippen LogP contribution in [0.1, 0.15) is 17.8 Å². The van der Waals surface area contributed by atoms with Gasteiger partial charge in [0.1, 0.15) is 0 Å². The highest BCUT2D eigenvalue weighted by Gasteiger charge is 2.37. The summed E-state index contributed by atoms with van der Waals surface area (Å²) >= 11 is 0. The lowest BCUT2D eigenvalue weighted by atomic mass is 10.0. The fourth-order valence-corrected chi connectivity index (χ4v) is 2.06. The minimum absolute atomic E-state index is 0.110. The molecule has 1 N–H and O–H groups in total. The van der Waals surface area contributed by atoms with Crippen molar-refractivity contribution < 1.29 is 17.7 Å². The predicted octanol–water partition coefficient (Wildman–Crippen LogP) is 3.11. The van der Waals surface area contributed by atoms with Gasteiger partial charge < -0.3 is 9.84 Å². The lowest BCUT2D eigenvalue weighted by molar-refractivity contribution is -0.146. The Hall–Kier alpha value is -2.05. The van der Waals surface area contributed by atoms with Crippen LogP contribution in [0, 0.1) is 0 Å². The Labute approximate surface area is 106 Å². The van der Waals surface area contributed by atoms with Crippen LogP contribution in [0.3, 0.4) is 0 Å². The standard InChI is InChI=1S/C12H10F3N3O/c13-12(14,15)11-17-10(19-18-11)8-3-4-9-7(6-8)2-1-5-16-9/h3-4,6,16H,1-2,5H2. The fraction of sp³-hybridized carbons (Fsp3) is 0.333. The van der Waals surface area contributed by atoms with Crippen molar-refractivity contribution in [3.63, 3.8) is 0 Å². The van der Waals surface area contributed by atoms with E-state index in [0.717, 1.165) is 30.6 Å². The number of alkyl halides is 3. The molecule has 1 aliphatic rings. The van der Waals surface area contributed by atoms with Gasteiger partial charge in [0.25, 0.3) is 11.7 Å². The third kappa shape index (κ3) is 2.27. The van der Waals surface area contributed by atoms with Crippen molar-refractivity contribution >= 4 is 5.69 Å². The van der Waals surface area contributed by atoms with E-state index in [1.165, 1.54) is 0 Å². The van der Waals surface area contributed by atoms with Crippen LogP contribution in [0.5, 0.6) is 0 Å². The molecule has 2 aromatic rings. The molecule has 1 aromatic carbocycles. The second-order valence-electron chi connectivity index (χ2n) is 4.32. The van der Waals surface area contributed by atoms with Crippen molar-refractivity contribution in [1.29, 1.82) is 0 Å². The van der Waals surface area contributed by atoms with Crippen LogP contribution in [0.2, 0.25) is 0 Å². The van der Waals surface area contributed by atoms with E-state index in [4.69, 9.17) is 0 Å². The molecule has 100 valence electrons. The van der Waals surface area contributed by atoms with Crippen molar-refractivity contribution in [2.24, 2.45) is 0 Å². The Morgan fingerprint density at radius 2 is 2.11 bits per heavy atom. The lowest BCUT2D eigenvalue weighted by Crippen LogP contribution is -2.11. The average molecular weight is 269 g/mol. The highest BCUT2D eigenvalue weighted by Crippen LogP contribution is 2.31. The zero-order valence-electron chi connectivity index (χ0n) is 9.79. The molecule has 4 nitrogen and oxygen atoms in total. The molecule has 0 atom stereocenters. The third-order valence-electron chi connectivity index (χ3n) is 2.97. The van der Waals surface area contributed by atoms with Crippen LogP contribution < -0.4 is 5.32 Å². The van der Waals surface area contributed by atoms with Gasteiger partial charge in [-0.3, -0.25) is 0 Å². The number of rotatable bonds is 1. The van der Waals surface area contributed by atoms with Crippen LogP contribution in [-0.4, -0.2) is 16.7 Å². The molecule has 0 saturated heterocycles. The first kappa shape index (κ1) is 12.0. The monoisotopic (exact) mass is 269 g/mol. The van der Waals surface area contributed by atoms with Crippen LogP contribution >= 0.6 is 0 Å². The second-order valence-corrected chi connectivity index (χ2v) is 4.32. The van der Waals surface area contributed by atoms with Gasteiger partial charge in [-0.05, 0) is 36.6 Å². The molecule has 1 aromatic heterocycles. The van der Waals surface area contributed by atoms with Crippen LogP contribution in [0.4, 0.5) is 18.9 Å². The second kappa shape index (κ2) is 4.25. The number of nitrogens with one attached hydrogen (secondary N) is 1. The molecule has 19 heavy (non-hydrogen) atoms. The van der Waals surface area contributed by atoms with Crippen molar-refractivity contribution in [3.8, 4) is 11.5 Å². The summed E-state index contributed by atoms with van der Waals surface area (Å²) in [5.74, 6) is -1.36. The number of aryl methyl sites for hydroxylation is 1. The maximum atomic E-state index is 12.4. The number of hydrogen-bond acceptors (Lipinski definition) is 4. The summed E-state index contributed by atoms with van der Waals surface area (Å²) in [6.07, 6.45) is -2.71. The molecule has 1 aliphatic heterocycles. The zero-order chi connectivity index (χ0) is 13.5. The molecule has 0 unspecified atom stereocenters. The Kier molecular flexibility index (Phi) is 2.69. The summed E-state index contributed by atoms with van der Waals surface area (Å²) in [7, 11) is 0. The Morgan fingerprint density at radius 3 is 2.84 bits per heavy atom. The van der Waals surface area contributed by atoms with Gasteiger partial charge >= 0.3 is 6.18 Å². The van der Waals surface area contributed by atoms with Crippen molar-refractivity contribution in [2.75, 3.05) is 11.9 Å². The SMILES string of the molecule is FC(F)(F)c1noc(-c2ccc3c(c2)CCCN3)n1. The van der Waals surface area contributed by atoms with E-state index in [1.54, 1.807) is 12.1 Å². The molecule has 0 bridgehead atoms. The third-order valence-corrected chi connectivity index (χ3v) is 2.97. The molecule has 0 saturated carbocycles. The van der Waals surface area contributed by atoms with Crippen LogP contribution in [-0.2, 0) is 12.6 Å². The fourth-order valence-electron chi connectivity index (χ4n) is 2.06. The number of aromatic nitrogens is 2. The largest absolute Gasteiger partial charge is 0.455 e. The van der Waals surface area contributed by atoms with Gasteiger partial charge in [0, 0.05) is 17.8 Å². The Bertz CT molecular complexity index is 607. The summed E-state index contributed by atoms with van der Waals surface area (Å²) in [5, 5.41) is 6.17. The minimum atomic E-state index is -4.59. The Balaban J connectivity index is 1.96. The first-order chi connectivity index (χ1) is 9.04. The van der Waals surface area contributed by atoms with Crippen molar-refractivity contribution in [2.45, 2.75) is 19.0 Å². The van der Waals surface area contributed by atoms with Gasteiger partial charge in [0.15, 0.2) is 0 Å². The molecule has 3 rings (SSSR count). The minimum Gasteiger partial charge on any atom is -0.385 e. The van der Waals surface area contributed by atoms with Gasteiger partial charge in [0.05, 0.1) is 0 Å². The van der Waals surface area contributed by atoms with Crippen molar-refractivity contribution in [3.05, 3.63) is 29.6 Å². The first-order valence-electron chi connectivity index (χ1n) is 5.82. The Morgan fingerprint density at radius 1 is 1.26 bits per heavy atom. The average Bonchev–Trinajstić information content (AvgIpc) is 2.87. The molecular formula is C12H10F3N3O. The van der Waals surface area contributed by atoms with Gasteiger partial charge in [-0.1, -0.05) is 5.16 Å². The van der Waals surface area contributed by atoms with E-state index in [0.29, 0.717) is 5.56 Å². The van der Waals surface area contributed by atoms with E-state index in [1.807, 2.05) is 6.07 Å². The number of fused-ring (bicyclic) bond motifs is 1. The lowest BCUT2D eigenvalue weighted by Gasteiger charge is -2.17. The topological polar surface area (TPSA) is 51.0 Å². The maximum Gasteiger partial charge on any atom is 0.455 e. The normalized spacial score (nSPS) is 14.9. The summed E-state index contributed by atoms with van der Waals surface area (Å²) in [5.41, 5.74) is 2.56. The first-order valence-corrected chi connectivity index (χ1v) is 5.82. The number of nitrogens with zero attached hydrogens (tertiary/aromatic N) is 2. The molecule has 0 fully saturated rings. The molecule has 0 aliphatic carbocycles. The summed E-state index contributed by atoms with van der Waals surface area (Å²) in [6.45, 7) is 0.908. The van der Waals surface area contributed by atoms with E-state index in [-0.39, 0.29) is 5.89 Å². The highest BCUT2D eigenvalue weighted by molar-refractivity contribution is 5.63.